The fraction of sp³-hybridized carbons (Fsp3) is 0.903. The molecule has 0 unspecified atom stereocenters. The zero-order valence-corrected chi connectivity index (χ0v) is 23.1. The number of aryl methyl sites for hydroxylation is 1. The number of hydrogen-bond donors (Lipinski definition) is 1. The smallest absolute Gasteiger partial charge is 0.247 e. The summed E-state index contributed by atoms with van der Waals surface area (Å²) < 4.78 is 2.50. The molecule has 0 saturated carbocycles. The van der Waals surface area contributed by atoms with Crippen molar-refractivity contribution >= 4 is 0 Å². The van der Waals surface area contributed by atoms with Gasteiger partial charge in [0.25, 0.3) is 5.82 Å². The number of hydrogen-bond acceptors (Lipinski definition) is 0. The summed E-state index contributed by atoms with van der Waals surface area (Å²) in [4.78, 5) is 3.62. The SMILES string of the molecule is CCCCCCCCCCCCC[C@H](CCCCCCCCCCC)c1[nH]cc[n+]1CCC. The van der Waals surface area contributed by atoms with Gasteiger partial charge in [0, 0.05) is 0 Å². The van der Waals surface area contributed by atoms with Crippen LogP contribution in [0.2, 0.25) is 0 Å². The zero-order valence-electron chi connectivity index (χ0n) is 23.1. The van der Waals surface area contributed by atoms with E-state index < -0.39 is 0 Å². The van der Waals surface area contributed by atoms with Gasteiger partial charge < -0.3 is 0 Å². The molecule has 0 aliphatic rings. The fourth-order valence-electron chi connectivity index (χ4n) is 5.34. The summed E-state index contributed by atoms with van der Waals surface area (Å²) >= 11 is 0. The fourth-order valence-corrected chi connectivity index (χ4v) is 5.34. The van der Waals surface area contributed by atoms with Crippen LogP contribution in [0.5, 0.6) is 0 Å². The van der Waals surface area contributed by atoms with E-state index in [1.165, 1.54) is 154 Å². The maximum absolute atomic E-state index is 3.62. The molecule has 1 atom stereocenters. The molecule has 1 heterocycles. The molecule has 0 bridgehead atoms. The first-order chi connectivity index (χ1) is 16.3. The Balaban J connectivity index is 2.23. The zero-order chi connectivity index (χ0) is 23.8. The Morgan fingerprint density at radius 1 is 0.545 bits per heavy atom. The van der Waals surface area contributed by atoms with Crippen molar-refractivity contribution in [3.05, 3.63) is 18.2 Å². The Morgan fingerprint density at radius 3 is 1.33 bits per heavy atom. The van der Waals surface area contributed by atoms with Crippen LogP contribution in [0.25, 0.3) is 0 Å². The van der Waals surface area contributed by atoms with Crippen molar-refractivity contribution in [2.24, 2.45) is 0 Å². The molecule has 0 aromatic carbocycles. The lowest BCUT2D eigenvalue weighted by atomic mass is 9.93. The minimum atomic E-state index is 0.731. The van der Waals surface area contributed by atoms with Crippen LogP contribution in [-0.2, 0) is 6.54 Å². The normalized spacial score (nSPS) is 12.5. The van der Waals surface area contributed by atoms with Gasteiger partial charge in [-0.15, -0.1) is 0 Å². The van der Waals surface area contributed by atoms with Gasteiger partial charge >= 0.3 is 0 Å². The van der Waals surface area contributed by atoms with Crippen molar-refractivity contribution in [2.45, 2.75) is 181 Å². The molecule has 0 fully saturated rings. The van der Waals surface area contributed by atoms with Crippen molar-refractivity contribution in [3.8, 4) is 0 Å². The number of nitrogens with zero attached hydrogens (tertiary/aromatic N) is 1. The molecule has 1 rings (SSSR count). The lowest BCUT2D eigenvalue weighted by Gasteiger charge is -2.14. The van der Waals surface area contributed by atoms with Crippen LogP contribution >= 0.6 is 0 Å². The van der Waals surface area contributed by atoms with Crippen molar-refractivity contribution < 1.29 is 4.57 Å². The number of unbranched alkanes of at least 4 members (excludes halogenated alkanes) is 18. The van der Waals surface area contributed by atoms with E-state index in [0.717, 1.165) is 12.5 Å². The quantitative estimate of drug-likeness (QED) is 0.110. The topological polar surface area (TPSA) is 19.7 Å². The molecule has 0 amide bonds. The molecule has 2 heteroatoms. The van der Waals surface area contributed by atoms with Crippen LogP contribution in [0.15, 0.2) is 12.4 Å². The first-order valence-corrected chi connectivity index (χ1v) is 15.4. The Hall–Kier alpha value is -0.790. The molecule has 33 heavy (non-hydrogen) atoms. The molecule has 0 aliphatic carbocycles. The van der Waals surface area contributed by atoms with Gasteiger partial charge in [0.1, 0.15) is 12.4 Å². The molecular weight excluding hydrogens is 400 g/mol. The van der Waals surface area contributed by atoms with Gasteiger partial charge in [0.2, 0.25) is 0 Å². The average Bonchev–Trinajstić information content (AvgIpc) is 3.28. The third kappa shape index (κ3) is 16.5. The molecule has 1 aromatic heterocycles. The van der Waals surface area contributed by atoms with Gasteiger partial charge in [-0.3, -0.25) is 0 Å². The number of rotatable bonds is 25. The average molecular weight is 462 g/mol. The van der Waals surface area contributed by atoms with E-state index in [9.17, 15) is 0 Å². The number of aromatic amines is 1. The molecule has 0 aliphatic heterocycles. The Kier molecular flexibility index (Phi) is 21.1. The predicted octanol–water partition coefficient (Wildman–Crippen LogP) is 10.4. The summed E-state index contributed by atoms with van der Waals surface area (Å²) in [6.07, 6.45) is 37.1. The van der Waals surface area contributed by atoms with E-state index in [-0.39, 0.29) is 0 Å². The highest BCUT2D eigenvalue weighted by Crippen LogP contribution is 2.26. The molecule has 194 valence electrons. The Labute approximate surface area is 208 Å². The first kappa shape index (κ1) is 30.2. The van der Waals surface area contributed by atoms with Gasteiger partial charge in [-0.05, 0) is 19.3 Å². The standard InChI is InChI=1S/C31H60N2/c1-4-7-9-11-13-15-16-18-20-22-24-26-30(31-32-27-29-33(31)28-6-3)25-23-21-19-17-14-12-10-8-5-2/h27,29-30H,4-26,28H2,1-3H3/p+1/t30-/m0/s1. The highest BCUT2D eigenvalue weighted by Gasteiger charge is 2.22. The molecule has 1 aromatic rings. The van der Waals surface area contributed by atoms with Gasteiger partial charge in [0.15, 0.2) is 0 Å². The predicted molar refractivity (Wildman–Crippen MR) is 147 cm³/mol. The summed E-state index contributed by atoms with van der Waals surface area (Å²) in [6, 6.07) is 0. The van der Waals surface area contributed by atoms with Crippen molar-refractivity contribution in [1.29, 1.82) is 0 Å². The molecule has 0 radical (unpaired) electrons. The van der Waals surface area contributed by atoms with Crippen molar-refractivity contribution in [3.63, 3.8) is 0 Å². The highest BCUT2D eigenvalue weighted by molar-refractivity contribution is 4.90. The Morgan fingerprint density at radius 2 is 0.939 bits per heavy atom. The molecule has 2 nitrogen and oxygen atoms in total. The van der Waals surface area contributed by atoms with Gasteiger partial charge in [0.05, 0.1) is 12.5 Å². The minimum absolute atomic E-state index is 0.731. The van der Waals surface area contributed by atoms with Crippen LogP contribution in [0.1, 0.15) is 180 Å². The van der Waals surface area contributed by atoms with Crippen molar-refractivity contribution in [1.82, 2.24) is 4.98 Å². The van der Waals surface area contributed by atoms with E-state index in [0.29, 0.717) is 0 Å². The second kappa shape index (κ2) is 23.0. The summed E-state index contributed by atoms with van der Waals surface area (Å²) in [5.74, 6) is 2.23. The highest BCUT2D eigenvalue weighted by atomic mass is 15.1. The minimum Gasteiger partial charge on any atom is -0.247 e. The summed E-state index contributed by atoms with van der Waals surface area (Å²) in [7, 11) is 0. The van der Waals surface area contributed by atoms with E-state index in [1.54, 1.807) is 0 Å². The van der Waals surface area contributed by atoms with Crippen LogP contribution in [0.4, 0.5) is 0 Å². The first-order valence-electron chi connectivity index (χ1n) is 15.4. The van der Waals surface area contributed by atoms with Crippen molar-refractivity contribution in [2.75, 3.05) is 0 Å². The van der Waals surface area contributed by atoms with Gasteiger partial charge in [-0.2, -0.15) is 0 Å². The van der Waals surface area contributed by atoms with Gasteiger partial charge in [-0.25, -0.2) is 9.55 Å². The second-order valence-electron chi connectivity index (χ2n) is 10.7. The van der Waals surface area contributed by atoms with Crippen LogP contribution in [-0.4, -0.2) is 4.98 Å². The number of H-pyrrole nitrogens is 1. The summed E-state index contributed by atoms with van der Waals surface area (Å²) in [5, 5.41) is 0. The monoisotopic (exact) mass is 461 g/mol. The van der Waals surface area contributed by atoms with Gasteiger partial charge in [-0.1, -0.05) is 149 Å². The van der Waals surface area contributed by atoms with E-state index in [2.05, 4.69) is 42.7 Å². The number of imidazole rings is 1. The largest absolute Gasteiger partial charge is 0.257 e. The number of nitrogens with one attached hydrogen (secondary N) is 1. The van der Waals surface area contributed by atoms with E-state index >= 15 is 0 Å². The second-order valence-corrected chi connectivity index (χ2v) is 10.7. The molecular formula is C31H61N2+. The lowest BCUT2D eigenvalue weighted by Crippen LogP contribution is -2.37. The van der Waals surface area contributed by atoms with E-state index in [1.807, 2.05) is 0 Å². The third-order valence-electron chi connectivity index (χ3n) is 7.46. The molecule has 0 spiro atoms. The van der Waals surface area contributed by atoms with Crippen LogP contribution in [0, 0.1) is 0 Å². The van der Waals surface area contributed by atoms with Crippen LogP contribution < -0.4 is 4.57 Å². The van der Waals surface area contributed by atoms with Crippen LogP contribution in [0.3, 0.4) is 0 Å². The number of aromatic nitrogens is 2. The molecule has 0 saturated heterocycles. The maximum atomic E-state index is 3.62. The summed E-state index contributed by atoms with van der Waals surface area (Å²) in [6.45, 7) is 8.07. The van der Waals surface area contributed by atoms with E-state index in [4.69, 9.17) is 0 Å². The summed E-state index contributed by atoms with van der Waals surface area (Å²) in [5.41, 5.74) is 0. The maximum Gasteiger partial charge on any atom is 0.257 e. The third-order valence-corrected chi connectivity index (χ3v) is 7.46. The Bertz CT molecular complexity index is 507. The lowest BCUT2D eigenvalue weighted by molar-refractivity contribution is -0.704. The molecule has 1 N–H and O–H groups in total.